The minimum atomic E-state index is -0.104. The van der Waals surface area contributed by atoms with Gasteiger partial charge in [0.05, 0.1) is 7.11 Å². The van der Waals surface area contributed by atoms with Gasteiger partial charge in [-0.2, -0.15) is 0 Å². The van der Waals surface area contributed by atoms with E-state index in [9.17, 15) is 4.79 Å². The molecule has 1 aromatic carbocycles. The molecule has 0 fully saturated rings. The molecule has 0 atom stereocenters. The number of ether oxygens (including phenoxy) is 1. The highest BCUT2D eigenvalue weighted by atomic mass is 16.5. The van der Waals surface area contributed by atoms with Gasteiger partial charge in [-0.15, -0.1) is 0 Å². The molecule has 0 aromatic heterocycles. The van der Waals surface area contributed by atoms with Crippen molar-refractivity contribution in [3.8, 4) is 5.75 Å². The van der Waals surface area contributed by atoms with Gasteiger partial charge in [0.15, 0.2) is 0 Å². The van der Waals surface area contributed by atoms with Gasteiger partial charge in [0.25, 0.3) is 5.91 Å². The van der Waals surface area contributed by atoms with Crippen molar-refractivity contribution in [1.82, 2.24) is 5.32 Å². The van der Waals surface area contributed by atoms with E-state index in [1.807, 2.05) is 0 Å². The molecule has 1 rings (SSSR count). The molecule has 0 heterocycles. The molecule has 0 bridgehead atoms. The number of hydrogen-bond donors (Lipinski definition) is 2. The van der Waals surface area contributed by atoms with Crippen LogP contribution in [-0.4, -0.2) is 19.6 Å². The lowest BCUT2D eigenvalue weighted by Gasteiger charge is -2.13. The van der Waals surface area contributed by atoms with Gasteiger partial charge in [-0.05, 0) is 18.1 Å². The molecule has 0 saturated carbocycles. The van der Waals surface area contributed by atoms with Crippen LogP contribution in [0.2, 0.25) is 0 Å². The first-order valence-corrected chi connectivity index (χ1v) is 6.33. The molecule has 4 heteroatoms. The summed E-state index contributed by atoms with van der Waals surface area (Å²) in [7, 11) is 1.56. The van der Waals surface area contributed by atoms with Crippen LogP contribution in [0.15, 0.2) is 18.2 Å². The highest BCUT2D eigenvalue weighted by Crippen LogP contribution is 2.18. The molecule has 0 radical (unpaired) electrons. The van der Waals surface area contributed by atoms with E-state index >= 15 is 0 Å². The first-order chi connectivity index (χ1) is 8.60. The lowest BCUT2D eigenvalue weighted by Crippen LogP contribution is -2.29. The molecular formula is C14H22N2O2. The average molecular weight is 250 g/mol. The van der Waals surface area contributed by atoms with Crippen LogP contribution < -0.4 is 15.8 Å². The minimum absolute atomic E-state index is 0.104. The van der Waals surface area contributed by atoms with E-state index in [2.05, 4.69) is 19.2 Å². The molecule has 1 amide bonds. The summed E-state index contributed by atoms with van der Waals surface area (Å²) in [4.78, 5) is 12.0. The third kappa shape index (κ3) is 3.95. The lowest BCUT2D eigenvalue weighted by molar-refractivity contribution is 0.0946. The Morgan fingerprint density at radius 1 is 1.33 bits per heavy atom. The lowest BCUT2D eigenvalue weighted by atomic mass is 10.0. The maximum absolute atomic E-state index is 12.0. The van der Waals surface area contributed by atoms with Gasteiger partial charge in [0.2, 0.25) is 0 Å². The Balaban J connectivity index is 2.69. The number of nitrogens with one attached hydrogen (secondary N) is 1. The zero-order valence-corrected chi connectivity index (χ0v) is 11.3. The predicted octanol–water partition coefficient (Wildman–Crippen LogP) is 2.44. The van der Waals surface area contributed by atoms with Gasteiger partial charge in [0.1, 0.15) is 5.75 Å². The van der Waals surface area contributed by atoms with Crippen molar-refractivity contribution in [3.05, 3.63) is 23.8 Å². The SMILES string of the molecule is CCC(CC)CNC(=O)c1cc(N)cc(OC)c1. The van der Waals surface area contributed by atoms with Crippen molar-refractivity contribution in [2.75, 3.05) is 19.4 Å². The van der Waals surface area contributed by atoms with Gasteiger partial charge in [0, 0.05) is 23.9 Å². The predicted molar refractivity (Wildman–Crippen MR) is 73.8 cm³/mol. The number of nitrogen functional groups attached to an aromatic ring is 1. The number of nitrogens with two attached hydrogens (primary N) is 1. The molecule has 0 aliphatic rings. The minimum Gasteiger partial charge on any atom is -0.497 e. The Morgan fingerprint density at radius 3 is 2.56 bits per heavy atom. The standard InChI is InChI=1S/C14H22N2O2/c1-4-10(5-2)9-16-14(17)11-6-12(15)8-13(7-11)18-3/h6-8,10H,4-5,9,15H2,1-3H3,(H,16,17). The van der Waals surface area contributed by atoms with Crippen molar-refractivity contribution < 1.29 is 9.53 Å². The molecule has 0 unspecified atom stereocenters. The summed E-state index contributed by atoms with van der Waals surface area (Å²) in [6.07, 6.45) is 2.13. The van der Waals surface area contributed by atoms with Gasteiger partial charge in [-0.3, -0.25) is 4.79 Å². The topological polar surface area (TPSA) is 64.4 Å². The van der Waals surface area contributed by atoms with Crippen LogP contribution in [0, 0.1) is 5.92 Å². The maximum Gasteiger partial charge on any atom is 0.251 e. The smallest absolute Gasteiger partial charge is 0.251 e. The Hall–Kier alpha value is -1.71. The largest absolute Gasteiger partial charge is 0.497 e. The number of carbonyl (C=O) groups is 1. The van der Waals surface area contributed by atoms with Crippen LogP contribution in [0.25, 0.3) is 0 Å². The summed E-state index contributed by atoms with van der Waals surface area (Å²) in [5, 5.41) is 2.93. The highest BCUT2D eigenvalue weighted by molar-refractivity contribution is 5.95. The Labute approximate surface area is 109 Å². The van der Waals surface area contributed by atoms with E-state index in [0.29, 0.717) is 29.5 Å². The van der Waals surface area contributed by atoms with Gasteiger partial charge >= 0.3 is 0 Å². The number of rotatable bonds is 6. The van der Waals surface area contributed by atoms with Crippen molar-refractivity contribution in [2.45, 2.75) is 26.7 Å². The van der Waals surface area contributed by atoms with E-state index < -0.39 is 0 Å². The second-order valence-corrected chi connectivity index (χ2v) is 4.39. The summed E-state index contributed by atoms with van der Waals surface area (Å²) < 4.78 is 5.09. The Kier molecular flexibility index (Phi) is 5.49. The number of carbonyl (C=O) groups excluding carboxylic acids is 1. The number of methoxy groups -OCH3 is 1. The highest BCUT2D eigenvalue weighted by Gasteiger charge is 2.10. The second-order valence-electron chi connectivity index (χ2n) is 4.39. The summed E-state index contributed by atoms with van der Waals surface area (Å²) in [6, 6.07) is 5.04. The van der Waals surface area contributed by atoms with E-state index in [4.69, 9.17) is 10.5 Å². The van der Waals surface area contributed by atoms with Crippen LogP contribution in [0.4, 0.5) is 5.69 Å². The number of benzene rings is 1. The van der Waals surface area contributed by atoms with E-state index in [1.165, 1.54) is 0 Å². The molecule has 0 saturated heterocycles. The van der Waals surface area contributed by atoms with Crippen LogP contribution in [0.5, 0.6) is 5.75 Å². The van der Waals surface area contributed by atoms with Crippen LogP contribution in [0.1, 0.15) is 37.0 Å². The summed E-state index contributed by atoms with van der Waals surface area (Å²) in [5.74, 6) is 1.02. The molecule has 0 spiro atoms. The van der Waals surface area contributed by atoms with Crippen LogP contribution in [0.3, 0.4) is 0 Å². The summed E-state index contributed by atoms with van der Waals surface area (Å²) in [5.41, 5.74) is 6.79. The summed E-state index contributed by atoms with van der Waals surface area (Å²) in [6.45, 7) is 4.96. The van der Waals surface area contributed by atoms with Crippen LogP contribution >= 0.6 is 0 Å². The van der Waals surface area contributed by atoms with Crippen molar-refractivity contribution >= 4 is 11.6 Å². The molecule has 18 heavy (non-hydrogen) atoms. The molecular weight excluding hydrogens is 228 g/mol. The van der Waals surface area contributed by atoms with E-state index in [1.54, 1.807) is 25.3 Å². The zero-order valence-electron chi connectivity index (χ0n) is 11.3. The van der Waals surface area contributed by atoms with Gasteiger partial charge in [-0.1, -0.05) is 26.7 Å². The van der Waals surface area contributed by atoms with E-state index in [-0.39, 0.29) is 5.91 Å². The second kappa shape index (κ2) is 6.89. The Bertz CT molecular complexity index is 401. The zero-order chi connectivity index (χ0) is 13.5. The number of hydrogen-bond acceptors (Lipinski definition) is 3. The first-order valence-electron chi connectivity index (χ1n) is 6.33. The van der Waals surface area contributed by atoms with Crippen molar-refractivity contribution in [1.29, 1.82) is 0 Å². The third-order valence-electron chi connectivity index (χ3n) is 3.13. The molecule has 4 nitrogen and oxygen atoms in total. The molecule has 100 valence electrons. The fourth-order valence-corrected chi connectivity index (χ4v) is 1.79. The van der Waals surface area contributed by atoms with Crippen LogP contribution in [-0.2, 0) is 0 Å². The fraction of sp³-hybridized carbons (Fsp3) is 0.500. The van der Waals surface area contributed by atoms with Gasteiger partial charge < -0.3 is 15.8 Å². The van der Waals surface area contributed by atoms with Crippen molar-refractivity contribution in [3.63, 3.8) is 0 Å². The van der Waals surface area contributed by atoms with Crippen molar-refractivity contribution in [2.24, 2.45) is 5.92 Å². The Morgan fingerprint density at radius 2 is 2.00 bits per heavy atom. The summed E-state index contributed by atoms with van der Waals surface area (Å²) >= 11 is 0. The molecule has 0 aliphatic carbocycles. The quantitative estimate of drug-likeness (QED) is 0.762. The normalized spacial score (nSPS) is 10.4. The van der Waals surface area contributed by atoms with Gasteiger partial charge in [-0.25, -0.2) is 0 Å². The fourth-order valence-electron chi connectivity index (χ4n) is 1.79. The maximum atomic E-state index is 12.0. The van der Waals surface area contributed by atoms with E-state index in [0.717, 1.165) is 12.8 Å². The monoisotopic (exact) mass is 250 g/mol. The average Bonchev–Trinajstić information content (AvgIpc) is 2.38. The number of anilines is 1. The molecule has 3 N–H and O–H groups in total. The molecule has 1 aromatic rings. The number of amides is 1. The first kappa shape index (κ1) is 14.4. The third-order valence-corrected chi connectivity index (χ3v) is 3.13. The molecule has 0 aliphatic heterocycles.